The second-order valence-electron chi connectivity index (χ2n) is 4.26. The van der Waals surface area contributed by atoms with Crippen LogP contribution in [0.3, 0.4) is 0 Å². The molecule has 4 aromatic rings. The predicted molar refractivity (Wildman–Crippen MR) is 74.1 cm³/mol. The van der Waals surface area contributed by atoms with Crippen LogP contribution in [0.25, 0.3) is 21.4 Å². The van der Waals surface area contributed by atoms with E-state index in [1.54, 1.807) is 23.9 Å². The zero-order chi connectivity index (χ0) is 12.7. The van der Waals surface area contributed by atoms with Gasteiger partial charge < -0.3 is 4.98 Å². The van der Waals surface area contributed by atoms with Crippen molar-refractivity contribution in [2.24, 2.45) is 0 Å². The van der Waals surface area contributed by atoms with E-state index in [4.69, 9.17) is 0 Å². The Balaban J connectivity index is 1.72. The number of nitrogens with one attached hydrogen (secondary N) is 1. The van der Waals surface area contributed by atoms with Gasteiger partial charge in [-0.1, -0.05) is 6.07 Å². The van der Waals surface area contributed by atoms with Gasteiger partial charge in [-0.15, -0.1) is 11.3 Å². The van der Waals surface area contributed by atoms with Gasteiger partial charge in [0.15, 0.2) is 5.65 Å². The molecule has 0 unspecified atom stereocenters. The van der Waals surface area contributed by atoms with E-state index in [1.807, 2.05) is 11.6 Å². The molecule has 0 saturated heterocycles. The first-order valence-electron chi connectivity index (χ1n) is 5.85. The number of hydrogen-bond donors (Lipinski definition) is 1. The summed E-state index contributed by atoms with van der Waals surface area (Å²) in [4.78, 5) is 20.2. The van der Waals surface area contributed by atoms with Crippen molar-refractivity contribution < 1.29 is 0 Å². The fraction of sp³-hybridized carbons (Fsp3) is 0.0769. The number of imidazole rings is 1. The molecule has 6 heteroatoms. The van der Waals surface area contributed by atoms with E-state index in [1.165, 1.54) is 10.3 Å². The van der Waals surface area contributed by atoms with E-state index in [-0.39, 0.29) is 0 Å². The first kappa shape index (κ1) is 10.6. The minimum atomic E-state index is 0.705. The third kappa shape index (κ3) is 1.86. The number of H-pyrrole nitrogens is 1. The Morgan fingerprint density at radius 2 is 2.16 bits per heavy atom. The topological polar surface area (TPSA) is 67.3 Å². The van der Waals surface area contributed by atoms with E-state index < -0.39 is 0 Å². The monoisotopic (exact) mass is 267 g/mol. The van der Waals surface area contributed by atoms with E-state index >= 15 is 0 Å². The van der Waals surface area contributed by atoms with Gasteiger partial charge in [-0.2, -0.15) is 0 Å². The lowest BCUT2D eigenvalue weighted by molar-refractivity contribution is 0.988. The fourth-order valence-electron chi connectivity index (χ4n) is 2.05. The maximum Gasteiger partial charge on any atom is 0.180 e. The van der Waals surface area contributed by atoms with Crippen molar-refractivity contribution in [3.63, 3.8) is 0 Å². The number of benzene rings is 1. The van der Waals surface area contributed by atoms with Gasteiger partial charge in [0, 0.05) is 6.42 Å². The lowest BCUT2D eigenvalue weighted by Gasteiger charge is -2.00. The Kier molecular flexibility index (Phi) is 2.28. The van der Waals surface area contributed by atoms with Crippen LogP contribution in [0.4, 0.5) is 0 Å². The smallest absolute Gasteiger partial charge is 0.180 e. The highest BCUT2D eigenvalue weighted by atomic mass is 32.1. The molecule has 1 aromatic carbocycles. The molecule has 5 nitrogen and oxygen atoms in total. The summed E-state index contributed by atoms with van der Waals surface area (Å²) in [5.74, 6) is 0.781. The molecule has 1 N–H and O–H groups in total. The van der Waals surface area contributed by atoms with Crippen molar-refractivity contribution in [3.8, 4) is 0 Å². The predicted octanol–water partition coefficient (Wildman–Crippen LogP) is 2.55. The Morgan fingerprint density at radius 1 is 1.16 bits per heavy atom. The van der Waals surface area contributed by atoms with Gasteiger partial charge in [0.1, 0.15) is 11.3 Å². The van der Waals surface area contributed by atoms with E-state index in [0.29, 0.717) is 12.1 Å². The molecule has 3 aromatic heterocycles. The van der Waals surface area contributed by atoms with Crippen LogP contribution in [0.2, 0.25) is 0 Å². The van der Waals surface area contributed by atoms with Crippen LogP contribution in [-0.4, -0.2) is 24.9 Å². The van der Waals surface area contributed by atoms with Crippen molar-refractivity contribution in [1.29, 1.82) is 0 Å². The zero-order valence-corrected chi connectivity index (χ0v) is 10.7. The Hall–Kier alpha value is -2.34. The number of thiazole rings is 1. The Bertz CT molecular complexity index is 791. The highest BCUT2D eigenvalue weighted by Crippen LogP contribution is 2.20. The molecule has 0 bridgehead atoms. The summed E-state index contributed by atoms with van der Waals surface area (Å²) in [6.07, 6.45) is 4.11. The van der Waals surface area contributed by atoms with Crippen LogP contribution in [0.5, 0.6) is 0 Å². The van der Waals surface area contributed by atoms with Gasteiger partial charge in [-0.3, -0.25) is 0 Å². The molecule has 0 amide bonds. The first-order chi connectivity index (χ1) is 9.38. The van der Waals surface area contributed by atoms with Crippen molar-refractivity contribution >= 4 is 32.7 Å². The molecule has 0 aliphatic rings. The zero-order valence-electron chi connectivity index (χ0n) is 9.87. The van der Waals surface area contributed by atoms with Crippen LogP contribution in [0.1, 0.15) is 11.4 Å². The summed E-state index contributed by atoms with van der Waals surface area (Å²) >= 11 is 1.65. The maximum atomic E-state index is 4.43. The van der Waals surface area contributed by atoms with Crippen molar-refractivity contribution in [1.82, 2.24) is 24.9 Å². The molecule has 4 rings (SSSR count). The van der Waals surface area contributed by atoms with Crippen LogP contribution >= 0.6 is 11.3 Å². The standard InChI is InChI=1S/C13H9N5S/c1-2-9-11(19-7-17-9)3-8(1)4-12-14-5-10-13(18-12)16-6-15-10/h1-3,5-7H,4H2,(H,14,15,16,18). The Labute approximate surface area is 112 Å². The molecule has 0 spiro atoms. The third-order valence-electron chi connectivity index (χ3n) is 2.98. The quantitative estimate of drug-likeness (QED) is 0.606. The van der Waals surface area contributed by atoms with Gasteiger partial charge in [-0.25, -0.2) is 19.9 Å². The average molecular weight is 267 g/mol. The van der Waals surface area contributed by atoms with E-state index in [9.17, 15) is 0 Å². The molecular weight excluding hydrogens is 258 g/mol. The first-order valence-corrected chi connectivity index (χ1v) is 6.73. The highest BCUT2D eigenvalue weighted by Gasteiger charge is 2.05. The lowest BCUT2D eigenvalue weighted by atomic mass is 10.1. The van der Waals surface area contributed by atoms with Crippen molar-refractivity contribution in [2.75, 3.05) is 0 Å². The second-order valence-corrected chi connectivity index (χ2v) is 5.14. The number of aromatic nitrogens is 5. The van der Waals surface area contributed by atoms with E-state index in [0.717, 1.165) is 16.9 Å². The number of hydrogen-bond acceptors (Lipinski definition) is 5. The summed E-state index contributed by atoms with van der Waals surface area (Å²) in [5.41, 5.74) is 5.66. The summed E-state index contributed by atoms with van der Waals surface area (Å²) < 4.78 is 1.19. The normalized spacial score (nSPS) is 11.4. The van der Waals surface area contributed by atoms with Crippen LogP contribution < -0.4 is 0 Å². The summed E-state index contributed by atoms with van der Waals surface area (Å²) in [6.45, 7) is 0. The molecule has 0 radical (unpaired) electrons. The van der Waals surface area contributed by atoms with Crippen molar-refractivity contribution in [3.05, 3.63) is 47.6 Å². The number of aromatic amines is 1. The highest BCUT2D eigenvalue weighted by molar-refractivity contribution is 7.16. The van der Waals surface area contributed by atoms with Crippen LogP contribution in [0, 0.1) is 0 Å². The molecule has 0 aliphatic carbocycles. The van der Waals surface area contributed by atoms with Crippen LogP contribution in [-0.2, 0) is 6.42 Å². The SMILES string of the molecule is c1nc2nc(Cc3ccc4ncsc4c3)ncc2[nH]1. The average Bonchev–Trinajstić information content (AvgIpc) is 3.05. The minimum Gasteiger partial charge on any atom is -0.342 e. The summed E-state index contributed by atoms with van der Waals surface area (Å²) in [6, 6.07) is 6.25. The number of rotatable bonds is 2. The molecule has 92 valence electrons. The largest absolute Gasteiger partial charge is 0.342 e. The maximum absolute atomic E-state index is 4.43. The number of nitrogens with zero attached hydrogens (tertiary/aromatic N) is 4. The Morgan fingerprint density at radius 3 is 3.16 bits per heavy atom. The number of fused-ring (bicyclic) bond motifs is 2. The fourth-order valence-corrected chi connectivity index (χ4v) is 2.79. The van der Waals surface area contributed by atoms with Gasteiger partial charge in [0.25, 0.3) is 0 Å². The molecule has 0 atom stereocenters. The molecule has 19 heavy (non-hydrogen) atoms. The molecule has 0 saturated carbocycles. The van der Waals surface area contributed by atoms with Gasteiger partial charge in [0.05, 0.1) is 28.3 Å². The molecule has 0 aliphatic heterocycles. The third-order valence-corrected chi connectivity index (χ3v) is 3.78. The van der Waals surface area contributed by atoms with E-state index in [2.05, 4.69) is 37.1 Å². The van der Waals surface area contributed by atoms with Crippen molar-refractivity contribution in [2.45, 2.75) is 6.42 Å². The van der Waals surface area contributed by atoms with Gasteiger partial charge in [0.2, 0.25) is 0 Å². The van der Waals surface area contributed by atoms with Gasteiger partial charge >= 0.3 is 0 Å². The molecule has 3 heterocycles. The van der Waals surface area contributed by atoms with Crippen LogP contribution in [0.15, 0.2) is 36.2 Å². The minimum absolute atomic E-state index is 0.705. The second kappa shape index (κ2) is 4.10. The van der Waals surface area contributed by atoms with Gasteiger partial charge in [-0.05, 0) is 17.7 Å². The summed E-state index contributed by atoms with van der Waals surface area (Å²) in [7, 11) is 0. The molecule has 0 fully saturated rings. The lowest BCUT2D eigenvalue weighted by Crippen LogP contribution is -1.96. The summed E-state index contributed by atoms with van der Waals surface area (Å²) in [5, 5.41) is 0. The molecular formula is C13H9N5S.